The summed E-state index contributed by atoms with van der Waals surface area (Å²) >= 11 is 0. The predicted octanol–water partition coefficient (Wildman–Crippen LogP) is 1.08. The molecule has 96 valence electrons. The Morgan fingerprint density at radius 2 is 2.11 bits per heavy atom. The standard InChI is InChI=1S/C13H17N3O2/c1-15-6-7-16(13(15)17)9-12-5-4-11(18-12)8-14-10-2-3-10/h4-7,10,14H,2-3,8-9H2,1H3. The zero-order valence-corrected chi connectivity index (χ0v) is 10.4. The molecule has 1 saturated carbocycles. The summed E-state index contributed by atoms with van der Waals surface area (Å²) in [6.45, 7) is 1.26. The number of nitrogens with one attached hydrogen (secondary N) is 1. The van der Waals surface area contributed by atoms with Crippen LogP contribution in [0.5, 0.6) is 0 Å². The predicted molar refractivity (Wildman–Crippen MR) is 67.3 cm³/mol. The number of hydrogen-bond acceptors (Lipinski definition) is 3. The number of furan rings is 1. The van der Waals surface area contributed by atoms with Crippen LogP contribution >= 0.6 is 0 Å². The van der Waals surface area contributed by atoms with E-state index in [0.717, 1.165) is 18.1 Å². The molecular weight excluding hydrogens is 230 g/mol. The van der Waals surface area contributed by atoms with Gasteiger partial charge in [0.2, 0.25) is 0 Å². The highest BCUT2D eigenvalue weighted by atomic mass is 16.3. The Hall–Kier alpha value is -1.75. The van der Waals surface area contributed by atoms with Crippen LogP contribution in [0.4, 0.5) is 0 Å². The van der Waals surface area contributed by atoms with Crippen molar-refractivity contribution in [3.05, 3.63) is 46.5 Å². The maximum Gasteiger partial charge on any atom is 0.328 e. The summed E-state index contributed by atoms with van der Waals surface area (Å²) in [6, 6.07) is 4.58. The molecule has 0 aliphatic heterocycles. The zero-order valence-electron chi connectivity index (χ0n) is 10.4. The highest BCUT2D eigenvalue weighted by molar-refractivity contribution is 5.08. The van der Waals surface area contributed by atoms with Gasteiger partial charge in [0.25, 0.3) is 0 Å². The van der Waals surface area contributed by atoms with Crippen molar-refractivity contribution < 1.29 is 4.42 Å². The SMILES string of the molecule is Cn1ccn(Cc2ccc(CNC3CC3)o2)c1=O. The maximum absolute atomic E-state index is 11.7. The van der Waals surface area contributed by atoms with E-state index in [9.17, 15) is 4.79 Å². The van der Waals surface area contributed by atoms with Gasteiger partial charge in [-0.05, 0) is 25.0 Å². The molecule has 1 fully saturated rings. The molecule has 2 aromatic rings. The average Bonchev–Trinajstić information content (AvgIpc) is 3.02. The quantitative estimate of drug-likeness (QED) is 0.860. The smallest absolute Gasteiger partial charge is 0.328 e. The van der Waals surface area contributed by atoms with E-state index in [1.807, 2.05) is 12.1 Å². The van der Waals surface area contributed by atoms with Crippen LogP contribution in [-0.4, -0.2) is 15.2 Å². The molecule has 1 aliphatic carbocycles. The van der Waals surface area contributed by atoms with E-state index in [2.05, 4.69) is 5.32 Å². The molecule has 0 spiro atoms. The van der Waals surface area contributed by atoms with Crippen LogP contribution in [0.25, 0.3) is 0 Å². The maximum atomic E-state index is 11.7. The van der Waals surface area contributed by atoms with Gasteiger partial charge in [-0.25, -0.2) is 4.79 Å². The molecule has 18 heavy (non-hydrogen) atoms. The van der Waals surface area contributed by atoms with Crippen molar-refractivity contribution >= 4 is 0 Å². The van der Waals surface area contributed by atoms with Crippen LogP contribution in [0.15, 0.2) is 33.7 Å². The Bertz CT molecular complexity index is 589. The first-order valence-electron chi connectivity index (χ1n) is 6.25. The van der Waals surface area contributed by atoms with E-state index >= 15 is 0 Å². The van der Waals surface area contributed by atoms with Crippen molar-refractivity contribution in [3.63, 3.8) is 0 Å². The van der Waals surface area contributed by atoms with Crippen molar-refractivity contribution in [1.82, 2.24) is 14.5 Å². The van der Waals surface area contributed by atoms with Crippen molar-refractivity contribution in [3.8, 4) is 0 Å². The van der Waals surface area contributed by atoms with Gasteiger partial charge in [0.05, 0.1) is 13.1 Å². The van der Waals surface area contributed by atoms with Crippen molar-refractivity contribution in [2.45, 2.75) is 32.0 Å². The normalized spacial score (nSPS) is 15.2. The minimum Gasteiger partial charge on any atom is -0.463 e. The number of imidazole rings is 1. The van der Waals surface area contributed by atoms with E-state index in [0.29, 0.717) is 12.6 Å². The van der Waals surface area contributed by atoms with E-state index < -0.39 is 0 Å². The van der Waals surface area contributed by atoms with E-state index in [4.69, 9.17) is 4.42 Å². The summed E-state index contributed by atoms with van der Waals surface area (Å²) in [5.41, 5.74) is -0.0240. The van der Waals surface area contributed by atoms with Gasteiger partial charge >= 0.3 is 5.69 Å². The minimum absolute atomic E-state index is 0.0240. The van der Waals surface area contributed by atoms with E-state index in [1.54, 1.807) is 28.6 Å². The first kappa shape index (κ1) is 11.3. The summed E-state index contributed by atoms with van der Waals surface area (Å²) < 4.78 is 8.89. The minimum atomic E-state index is -0.0240. The summed E-state index contributed by atoms with van der Waals surface area (Å²) in [7, 11) is 1.74. The first-order chi connectivity index (χ1) is 8.72. The van der Waals surface area contributed by atoms with Crippen LogP contribution < -0.4 is 11.0 Å². The molecule has 2 aromatic heterocycles. The zero-order chi connectivity index (χ0) is 12.5. The topological polar surface area (TPSA) is 52.1 Å². The molecule has 0 aromatic carbocycles. The molecule has 2 heterocycles. The molecule has 0 radical (unpaired) electrons. The number of nitrogens with zero attached hydrogens (tertiary/aromatic N) is 2. The highest BCUT2D eigenvalue weighted by Crippen LogP contribution is 2.19. The lowest BCUT2D eigenvalue weighted by atomic mass is 10.4. The van der Waals surface area contributed by atoms with Gasteiger partial charge in [-0.1, -0.05) is 0 Å². The second-order valence-corrected chi connectivity index (χ2v) is 4.84. The average molecular weight is 247 g/mol. The number of aryl methyl sites for hydroxylation is 1. The molecule has 0 saturated heterocycles. The Balaban J connectivity index is 1.65. The van der Waals surface area contributed by atoms with Crippen LogP contribution in [0, 0.1) is 0 Å². The van der Waals surface area contributed by atoms with Gasteiger partial charge in [-0.3, -0.25) is 4.57 Å². The van der Waals surface area contributed by atoms with Crippen molar-refractivity contribution in [1.29, 1.82) is 0 Å². The molecule has 0 atom stereocenters. The summed E-state index contributed by atoms with van der Waals surface area (Å²) in [5.74, 6) is 1.75. The first-order valence-corrected chi connectivity index (χ1v) is 6.25. The lowest BCUT2D eigenvalue weighted by Gasteiger charge is -2.00. The molecule has 3 rings (SSSR count). The third-order valence-corrected chi connectivity index (χ3v) is 3.20. The Morgan fingerprint density at radius 1 is 1.33 bits per heavy atom. The molecular formula is C13H17N3O2. The summed E-state index contributed by atoms with van der Waals surface area (Å²) in [4.78, 5) is 11.7. The molecule has 0 unspecified atom stereocenters. The fraction of sp³-hybridized carbons (Fsp3) is 0.462. The van der Waals surface area contributed by atoms with Crippen LogP contribution in [0.2, 0.25) is 0 Å². The molecule has 0 bridgehead atoms. The Morgan fingerprint density at radius 3 is 2.78 bits per heavy atom. The van der Waals surface area contributed by atoms with Gasteiger partial charge in [-0.15, -0.1) is 0 Å². The summed E-state index contributed by atoms with van der Waals surface area (Å²) in [6.07, 6.45) is 6.06. The Labute approximate surface area is 105 Å². The van der Waals surface area contributed by atoms with Crippen LogP contribution in [0.3, 0.4) is 0 Å². The van der Waals surface area contributed by atoms with Gasteiger partial charge in [0.15, 0.2) is 0 Å². The Kier molecular flexibility index (Phi) is 2.83. The largest absolute Gasteiger partial charge is 0.463 e. The van der Waals surface area contributed by atoms with Gasteiger partial charge in [0, 0.05) is 25.5 Å². The summed E-state index contributed by atoms with van der Waals surface area (Å²) in [5, 5.41) is 3.40. The lowest BCUT2D eigenvalue weighted by Crippen LogP contribution is -2.22. The molecule has 5 nitrogen and oxygen atoms in total. The van der Waals surface area contributed by atoms with E-state index in [1.165, 1.54) is 12.8 Å². The third-order valence-electron chi connectivity index (χ3n) is 3.20. The number of hydrogen-bond donors (Lipinski definition) is 1. The van der Waals surface area contributed by atoms with Crippen LogP contribution in [0.1, 0.15) is 24.4 Å². The van der Waals surface area contributed by atoms with Gasteiger partial charge in [-0.2, -0.15) is 0 Å². The highest BCUT2D eigenvalue weighted by Gasteiger charge is 2.20. The molecule has 1 N–H and O–H groups in total. The third kappa shape index (κ3) is 2.41. The number of aromatic nitrogens is 2. The fourth-order valence-corrected chi connectivity index (χ4v) is 1.93. The van der Waals surface area contributed by atoms with Crippen molar-refractivity contribution in [2.24, 2.45) is 7.05 Å². The molecule has 1 aliphatic rings. The second-order valence-electron chi connectivity index (χ2n) is 4.84. The fourth-order valence-electron chi connectivity index (χ4n) is 1.93. The molecule has 5 heteroatoms. The number of rotatable bonds is 5. The van der Waals surface area contributed by atoms with Gasteiger partial charge < -0.3 is 14.3 Å². The van der Waals surface area contributed by atoms with E-state index in [-0.39, 0.29) is 5.69 Å². The lowest BCUT2D eigenvalue weighted by molar-refractivity contribution is 0.434. The second kappa shape index (κ2) is 4.49. The van der Waals surface area contributed by atoms with Crippen LogP contribution in [-0.2, 0) is 20.1 Å². The monoisotopic (exact) mass is 247 g/mol. The van der Waals surface area contributed by atoms with Crippen molar-refractivity contribution in [2.75, 3.05) is 0 Å². The van der Waals surface area contributed by atoms with Gasteiger partial charge in [0.1, 0.15) is 11.5 Å². The molecule has 0 amide bonds.